The van der Waals surface area contributed by atoms with E-state index in [2.05, 4.69) is 9.88 Å². The Labute approximate surface area is 221 Å². The number of carboxylic acid groups (broad SMARTS) is 1. The smallest absolute Gasteiger partial charge is 0.303 e. The summed E-state index contributed by atoms with van der Waals surface area (Å²) in [5.74, 6) is 0.872. The molecule has 8 heteroatoms. The number of ether oxygens (including phenoxy) is 1. The molecular formula is C29H35FN2O4S. The van der Waals surface area contributed by atoms with Crippen molar-refractivity contribution in [1.82, 2.24) is 9.88 Å². The van der Waals surface area contributed by atoms with E-state index in [9.17, 15) is 19.4 Å². The number of nitrogens with zero attached hydrogens (tertiary/aromatic N) is 2. The first-order valence-electron chi connectivity index (χ1n) is 12.9. The molecule has 0 saturated carbocycles. The number of thioether (sulfide) groups is 1. The number of piperidine rings is 1. The first-order chi connectivity index (χ1) is 17.9. The second-order valence-corrected chi connectivity index (χ2v) is 10.9. The number of aliphatic hydroxyl groups excluding tert-OH is 1. The lowest BCUT2D eigenvalue weighted by Gasteiger charge is -2.38. The van der Waals surface area contributed by atoms with Crippen molar-refractivity contribution >= 4 is 28.6 Å². The van der Waals surface area contributed by atoms with E-state index in [4.69, 9.17) is 4.74 Å². The number of aromatic nitrogens is 1. The van der Waals surface area contributed by atoms with E-state index in [-0.39, 0.29) is 24.1 Å². The molecule has 1 aliphatic heterocycles. The predicted octanol–water partition coefficient (Wildman–Crippen LogP) is 5.79. The van der Waals surface area contributed by atoms with E-state index >= 15 is 0 Å². The zero-order chi connectivity index (χ0) is 26.2. The van der Waals surface area contributed by atoms with Gasteiger partial charge >= 0.3 is 5.97 Å². The molecule has 4 rings (SSSR count). The minimum absolute atomic E-state index is 0.0481. The number of likely N-dealkylation sites (tertiary alicyclic amines) is 1. The number of carboxylic acids is 1. The van der Waals surface area contributed by atoms with Crippen molar-refractivity contribution in [3.8, 4) is 5.75 Å². The summed E-state index contributed by atoms with van der Waals surface area (Å²) in [7, 11) is 1.62. The van der Waals surface area contributed by atoms with Crippen LogP contribution in [0.25, 0.3) is 10.9 Å². The van der Waals surface area contributed by atoms with Crippen LogP contribution >= 0.6 is 11.8 Å². The third-order valence-corrected chi connectivity index (χ3v) is 8.41. The van der Waals surface area contributed by atoms with Crippen LogP contribution in [0.1, 0.15) is 43.8 Å². The minimum atomic E-state index is -0.778. The number of aliphatic carboxylic acids is 1. The molecule has 1 aliphatic rings. The standard InChI is InChI=1S/C29H35FN2O4S/c1-36-22-8-9-26-24(18-22)23(11-13-31-26)27(33)10-7-20-12-15-32(19-21(20)17-29(34)35)14-4-16-37-28-6-3-2-5-25(28)30/h2-3,5-6,8-9,11,13,18,20-21,27,33H,4,7,10,12,14-17,19H2,1H3,(H,34,35)/t20-,21+,27+/m1/s1. The Morgan fingerprint density at radius 3 is 2.86 bits per heavy atom. The van der Waals surface area contributed by atoms with Gasteiger partial charge < -0.3 is 19.8 Å². The van der Waals surface area contributed by atoms with E-state index in [1.165, 1.54) is 17.8 Å². The van der Waals surface area contributed by atoms with Gasteiger partial charge in [-0.2, -0.15) is 0 Å². The van der Waals surface area contributed by atoms with Gasteiger partial charge in [0.2, 0.25) is 0 Å². The molecule has 198 valence electrons. The first kappa shape index (κ1) is 27.4. The Kier molecular flexibility index (Phi) is 9.77. The number of carbonyl (C=O) groups is 1. The van der Waals surface area contributed by atoms with Crippen LogP contribution in [0.3, 0.4) is 0 Å². The van der Waals surface area contributed by atoms with Crippen LogP contribution < -0.4 is 4.74 Å². The Bertz CT molecular complexity index is 1190. The van der Waals surface area contributed by atoms with E-state index in [1.54, 1.807) is 25.4 Å². The number of benzene rings is 2. The molecule has 37 heavy (non-hydrogen) atoms. The molecular weight excluding hydrogens is 491 g/mol. The number of aliphatic hydroxyl groups is 1. The van der Waals surface area contributed by atoms with Crippen molar-refractivity contribution in [2.75, 3.05) is 32.5 Å². The van der Waals surface area contributed by atoms with Gasteiger partial charge in [0.25, 0.3) is 0 Å². The Morgan fingerprint density at radius 1 is 1.24 bits per heavy atom. The lowest BCUT2D eigenvalue weighted by Crippen LogP contribution is -2.42. The first-order valence-corrected chi connectivity index (χ1v) is 13.9. The van der Waals surface area contributed by atoms with Crippen LogP contribution in [-0.2, 0) is 4.79 Å². The summed E-state index contributed by atoms with van der Waals surface area (Å²) >= 11 is 1.52. The highest BCUT2D eigenvalue weighted by Gasteiger charge is 2.31. The maximum Gasteiger partial charge on any atom is 0.303 e. The van der Waals surface area contributed by atoms with Crippen LogP contribution in [0.15, 0.2) is 59.6 Å². The van der Waals surface area contributed by atoms with E-state index < -0.39 is 12.1 Å². The minimum Gasteiger partial charge on any atom is -0.497 e. The number of hydrogen-bond donors (Lipinski definition) is 2. The average molecular weight is 527 g/mol. The topological polar surface area (TPSA) is 82.9 Å². The summed E-state index contributed by atoms with van der Waals surface area (Å²) in [6.45, 7) is 2.53. The summed E-state index contributed by atoms with van der Waals surface area (Å²) in [5.41, 5.74) is 1.63. The largest absolute Gasteiger partial charge is 0.497 e. The summed E-state index contributed by atoms with van der Waals surface area (Å²) in [4.78, 5) is 19.0. The Balaban J connectivity index is 1.31. The number of pyridine rings is 1. The van der Waals surface area contributed by atoms with Gasteiger partial charge in [-0.1, -0.05) is 12.1 Å². The van der Waals surface area contributed by atoms with Crippen molar-refractivity contribution in [3.63, 3.8) is 0 Å². The number of methoxy groups -OCH3 is 1. The Morgan fingerprint density at radius 2 is 2.08 bits per heavy atom. The molecule has 0 spiro atoms. The highest BCUT2D eigenvalue weighted by atomic mass is 32.2. The molecule has 1 fully saturated rings. The maximum absolute atomic E-state index is 13.8. The molecule has 2 N–H and O–H groups in total. The lowest BCUT2D eigenvalue weighted by atomic mass is 9.79. The summed E-state index contributed by atoms with van der Waals surface area (Å²) < 4.78 is 19.2. The number of halogens is 1. The summed E-state index contributed by atoms with van der Waals surface area (Å²) in [5, 5.41) is 21.5. The van der Waals surface area contributed by atoms with Gasteiger partial charge in [-0.15, -0.1) is 11.8 Å². The molecule has 0 radical (unpaired) electrons. The van der Waals surface area contributed by atoms with Gasteiger partial charge in [-0.05, 0) is 98.3 Å². The van der Waals surface area contributed by atoms with Crippen LogP contribution in [-0.4, -0.2) is 58.6 Å². The summed E-state index contributed by atoms with van der Waals surface area (Å²) in [6, 6.07) is 14.3. The highest BCUT2D eigenvalue weighted by molar-refractivity contribution is 7.99. The quantitative estimate of drug-likeness (QED) is 0.228. The molecule has 0 bridgehead atoms. The molecule has 3 aromatic rings. The van der Waals surface area contributed by atoms with Gasteiger partial charge in [0.15, 0.2) is 0 Å². The number of rotatable bonds is 12. The van der Waals surface area contributed by atoms with Crippen LogP contribution in [0, 0.1) is 17.7 Å². The second kappa shape index (κ2) is 13.2. The average Bonchev–Trinajstić information content (AvgIpc) is 2.90. The third-order valence-electron chi connectivity index (χ3n) is 7.28. The van der Waals surface area contributed by atoms with Crippen molar-refractivity contribution in [2.24, 2.45) is 11.8 Å². The molecule has 3 atom stereocenters. The van der Waals surface area contributed by atoms with Crippen LogP contribution in [0.4, 0.5) is 4.39 Å². The highest BCUT2D eigenvalue weighted by Crippen LogP contribution is 2.35. The number of hydrogen-bond acceptors (Lipinski definition) is 6. The van der Waals surface area contributed by atoms with E-state index in [0.29, 0.717) is 11.3 Å². The van der Waals surface area contributed by atoms with E-state index in [1.807, 2.05) is 30.3 Å². The molecule has 0 aliphatic carbocycles. The van der Waals surface area contributed by atoms with Crippen molar-refractivity contribution < 1.29 is 24.1 Å². The molecule has 2 aromatic carbocycles. The second-order valence-electron chi connectivity index (χ2n) is 9.72. The molecule has 0 amide bonds. The molecule has 6 nitrogen and oxygen atoms in total. The molecule has 1 aromatic heterocycles. The van der Waals surface area contributed by atoms with Gasteiger partial charge in [0.1, 0.15) is 11.6 Å². The van der Waals surface area contributed by atoms with E-state index in [0.717, 1.165) is 66.9 Å². The molecule has 1 saturated heterocycles. The van der Waals surface area contributed by atoms with Crippen LogP contribution in [0.5, 0.6) is 5.75 Å². The monoisotopic (exact) mass is 526 g/mol. The molecule has 0 unspecified atom stereocenters. The van der Waals surface area contributed by atoms with Gasteiger partial charge in [-0.25, -0.2) is 4.39 Å². The molecule has 2 heterocycles. The fourth-order valence-corrected chi connectivity index (χ4v) is 6.19. The maximum atomic E-state index is 13.8. The van der Waals surface area contributed by atoms with Crippen LogP contribution in [0.2, 0.25) is 0 Å². The fourth-order valence-electron chi connectivity index (χ4n) is 5.32. The SMILES string of the molecule is COc1ccc2nccc([C@@H](O)CC[C@@H]3CCN(CCCSc4ccccc4F)C[C@@H]3CC(=O)O)c2c1. The van der Waals surface area contributed by atoms with Gasteiger partial charge in [-0.3, -0.25) is 9.78 Å². The summed E-state index contributed by atoms with van der Waals surface area (Å²) in [6.07, 6.45) is 4.36. The fraction of sp³-hybridized carbons (Fsp3) is 0.448. The Hall–Kier alpha value is -2.68. The van der Waals surface area contributed by atoms with Gasteiger partial charge in [0.05, 0.1) is 18.7 Å². The third kappa shape index (κ3) is 7.43. The van der Waals surface area contributed by atoms with Crippen molar-refractivity contribution in [3.05, 3.63) is 66.1 Å². The van der Waals surface area contributed by atoms with Gasteiger partial charge in [0, 0.05) is 29.4 Å². The zero-order valence-electron chi connectivity index (χ0n) is 21.2. The lowest BCUT2D eigenvalue weighted by molar-refractivity contribution is -0.139. The van der Waals surface area contributed by atoms with Crippen molar-refractivity contribution in [2.45, 2.75) is 43.1 Å². The zero-order valence-corrected chi connectivity index (χ0v) is 22.0. The normalized spacial score (nSPS) is 19.1. The predicted molar refractivity (Wildman–Crippen MR) is 145 cm³/mol. The number of fused-ring (bicyclic) bond motifs is 1. The van der Waals surface area contributed by atoms with Crippen molar-refractivity contribution in [1.29, 1.82) is 0 Å².